The maximum absolute atomic E-state index is 12.9. The van der Waals surface area contributed by atoms with Crippen molar-refractivity contribution in [3.8, 4) is 5.69 Å². The van der Waals surface area contributed by atoms with E-state index >= 15 is 0 Å². The van der Waals surface area contributed by atoms with Gasteiger partial charge in [0, 0.05) is 29.1 Å². The lowest BCUT2D eigenvalue weighted by Gasteiger charge is -2.10. The molecule has 1 heterocycles. The molecule has 0 unspecified atom stereocenters. The van der Waals surface area contributed by atoms with Crippen LogP contribution in [0, 0.1) is 6.92 Å². The van der Waals surface area contributed by atoms with Gasteiger partial charge in [0.1, 0.15) is 0 Å². The second-order valence-electron chi connectivity index (χ2n) is 6.51. The molecule has 0 radical (unpaired) electrons. The highest BCUT2D eigenvalue weighted by molar-refractivity contribution is 6.12. The van der Waals surface area contributed by atoms with Gasteiger partial charge in [0.25, 0.3) is 0 Å². The minimum atomic E-state index is -0.0318. The van der Waals surface area contributed by atoms with Crippen LogP contribution in [-0.2, 0) is 0 Å². The fourth-order valence-corrected chi connectivity index (χ4v) is 2.98. The van der Waals surface area contributed by atoms with Crippen LogP contribution in [0.25, 0.3) is 11.8 Å². The molecule has 0 amide bonds. The lowest BCUT2D eigenvalue weighted by molar-refractivity contribution is 0.103. The Hall–Kier alpha value is -4.06. The second-order valence-corrected chi connectivity index (χ2v) is 6.51. The van der Waals surface area contributed by atoms with Gasteiger partial charge in [0.15, 0.2) is 11.6 Å². The smallest absolute Gasteiger partial charge is 0.195 e. The first kappa shape index (κ1) is 18.3. The van der Waals surface area contributed by atoms with E-state index in [0.29, 0.717) is 17.0 Å². The molecular weight excluding hydrogens is 362 g/mol. The van der Waals surface area contributed by atoms with E-state index in [-0.39, 0.29) is 5.78 Å². The molecule has 6 heteroatoms. The van der Waals surface area contributed by atoms with E-state index in [2.05, 4.69) is 20.8 Å². The zero-order valence-corrected chi connectivity index (χ0v) is 15.9. The Morgan fingerprint density at radius 2 is 1.69 bits per heavy atom. The van der Waals surface area contributed by atoms with E-state index in [1.54, 1.807) is 17.0 Å². The van der Waals surface area contributed by atoms with Crippen molar-refractivity contribution in [1.82, 2.24) is 20.2 Å². The Kier molecular flexibility index (Phi) is 5.25. The number of benzene rings is 3. The summed E-state index contributed by atoms with van der Waals surface area (Å²) >= 11 is 0. The predicted molar refractivity (Wildman–Crippen MR) is 113 cm³/mol. The van der Waals surface area contributed by atoms with Crippen molar-refractivity contribution in [2.75, 3.05) is 5.32 Å². The number of ketones is 1. The lowest BCUT2D eigenvalue weighted by Crippen LogP contribution is -2.05. The van der Waals surface area contributed by atoms with Crippen LogP contribution in [0.15, 0.2) is 85.1 Å². The van der Waals surface area contributed by atoms with Crippen molar-refractivity contribution >= 4 is 17.5 Å². The van der Waals surface area contributed by atoms with Crippen LogP contribution in [0.1, 0.15) is 27.3 Å². The van der Waals surface area contributed by atoms with Gasteiger partial charge >= 0.3 is 0 Å². The Labute approximate surface area is 168 Å². The number of aromatic nitrogens is 4. The maximum atomic E-state index is 12.9. The summed E-state index contributed by atoms with van der Waals surface area (Å²) in [6, 6.07) is 24.6. The molecule has 29 heavy (non-hydrogen) atoms. The Balaban J connectivity index is 1.59. The number of nitrogens with zero attached hydrogens (tertiary/aromatic N) is 4. The van der Waals surface area contributed by atoms with Gasteiger partial charge < -0.3 is 5.32 Å². The molecule has 0 aliphatic heterocycles. The van der Waals surface area contributed by atoms with Crippen LogP contribution < -0.4 is 5.32 Å². The van der Waals surface area contributed by atoms with Gasteiger partial charge in [-0.15, -0.1) is 5.10 Å². The van der Waals surface area contributed by atoms with Crippen LogP contribution >= 0.6 is 0 Å². The average Bonchev–Trinajstić information content (AvgIpc) is 3.23. The zero-order chi connectivity index (χ0) is 20.1. The summed E-state index contributed by atoms with van der Waals surface area (Å²) < 4.78 is 1.64. The molecule has 4 aromatic rings. The fraction of sp³-hybridized carbons (Fsp3) is 0.0435. The molecule has 0 bridgehead atoms. The Morgan fingerprint density at radius 3 is 2.45 bits per heavy atom. The van der Waals surface area contributed by atoms with E-state index < -0.39 is 0 Å². The molecule has 0 fully saturated rings. The molecule has 0 aliphatic carbocycles. The number of carbonyl (C=O) groups is 1. The van der Waals surface area contributed by atoms with Gasteiger partial charge in [-0.05, 0) is 47.2 Å². The molecule has 3 aromatic carbocycles. The van der Waals surface area contributed by atoms with Gasteiger partial charge in [0.2, 0.25) is 0 Å². The zero-order valence-electron chi connectivity index (χ0n) is 15.9. The molecule has 4 rings (SSSR count). The number of hydrogen-bond donors (Lipinski definition) is 1. The van der Waals surface area contributed by atoms with Crippen molar-refractivity contribution in [2.24, 2.45) is 0 Å². The topological polar surface area (TPSA) is 72.7 Å². The molecule has 0 saturated carbocycles. The first-order chi connectivity index (χ1) is 14.2. The van der Waals surface area contributed by atoms with Gasteiger partial charge in [0.05, 0.1) is 5.69 Å². The summed E-state index contributed by atoms with van der Waals surface area (Å²) in [5, 5.41) is 15.1. The summed E-state index contributed by atoms with van der Waals surface area (Å²) in [6.45, 7) is 1.99. The Morgan fingerprint density at radius 1 is 0.966 bits per heavy atom. The highest BCUT2D eigenvalue weighted by Gasteiger charge is 2.13. The highest BCUT2D eigenvalue weighted by Crippen LogP contribution is 2.21. The van der Waals surface area contributed by atoms with Crippen molar-refractivity contribution < 1.29 is 4.79 Å². The van der Waals surface area contributed by atoms with Crippen molar-refractivity contribution in [1.29, 1.82) is 0 Å². The standard InChI is InChI=1S/C23H19N5O/c1-17-12-13-20(23(29)18-8-4-2-5-9-18)21(16-17)24-15-14-22-25-26-27-28(22)19-10-6-3-7-11-19/h2-16,24H,1H3/b15-14+. The Bertz CT molecular complexity index is 1150. The minimum Gasteiger partial charge on any atom is -0.361 e. The summed E-state index contributed by atoms with van der Waals surface area (Å²) in [5.74, 6) is 0.544. The highest BCUT2D eigenvalue weighted by atomic mass is 16.1. The first-order valence-corrected chi connectivity index (χ1v) is 9.20. The summed E-state index contributed by atoms with van der Waals surface area (Å²) in [6.07, 6.45) is 3.51. The molecule has 1 N–H and O–H groups in total. The minimum absolute atomic E-state index is 0.0318. The van der Waals surface area contributed by atoms with E-state index in [0.717, 1.165) is 16.9 Å². The van der Waals surface area contributed by atoms with E-state index in [1.165, 1.54) is 0 Å². The SMILES string of the molecule is Cc1ccc(C(=O)c2ccccc2)c(N/C=C/c2nnnn2-c2ccccc2)c1. The number of aryl methyl sites for hydroxylation is 1. The van der Waals surface area contributed by atoms with Crippen LogP contribution in [0.3, 0.4) is 0 Å². The number of rotatable bonds is 6. The van der Waals surface area contributed by atoms with E-state index in [4.69, 9.17) is 0 Å². The number of para-hydroxylation sites is 1. The maximum Gasteiger partial charge on any atom is 0.195 e. The molecule has 0 aliphatic rings. The molecule has 1 aromatic heterocycles. The van der Waals surface area contributed by atoms with Crippen LogP contribution in [0.4, 0.5) is 5.69 Å². The first-order valence-electron chi connectivity index (χ1n) is 9.20. The van der Waals surface area contributed by atoms with Crippen LogP contribution in [0.2, 0.25) is 0 Å². The third-order valence-corrected chi connectivity index (χ3v) is 4.42. The fourth-order valence-electron chi connectivity index (χ4n) is 2.98. The van der Waals surface area contributed by atoms with Gasteiger partial charge in [-0.1, -0.05) is 54.6 Å². The second kappa shape index (κ2) is 8.31. The molecular formula is C23H19N5O. The molecule has 0 atom stereocenters. The number of nitrogens with one attached hydrogen (secondary N) is 1. The van der Waals surface area contributed by atoms with Crippen molar-refractivity contribution in [3.63, 3.8) is 0 Å². The monoisotopic (exact) mass is 381 g/mol. The summed E-state index contributed by atoms with van der Waals surface area (Å²) in [4.78, 5) is 12.9. The number of tetrazole rings is 1. The quantitative estimate of drug-likeness (QED) is 0.505. The predicted octanol–water partition coefficient (Wildman–Crippen LogP) is 4.28. The number of anilines is 1. The van der Waals surface area contributed by atoms with Crippen LogP contribution in [-0.4, -0.2) is 26.0 Å². The molecule has 6 nitrogen and oxygen atoms in total. The largest absolute Gasteiger partial charge is 0.361 e. The van der Waals surface area contributed by atoms with E-state index in [1.807, 2.05) is 85.8 Å². The summed E-state index contributed by atoms with van der Waals surface area (Å²) in [5.41, 5.74) is 3.91. The van der Waals surface area contributed by atoms with E-state index in [9.17, 15) is 4.79 Å². The third-order valence-electron chi connectivity index (χ3n) is 4.42. The lowest BCUT2D eigenvalue weighted by atomic mass is 10.0. The van der Waals surface area contributed by atoms with Gasteiger partial charge in [-0.25, -0.2) is 0 Å². The molecule has 0 saturated heterocycles. The van der Waals surface area contributed by atoms with Crippen molar-refractivity contribution in [3.05, 3.63) is 108 Å². The van der Waals surface area contributed by atoms with Gasteiger partial charge in [-0.3, -0.25) is 4.79 Å². The van der Waals surface area contributed by atoms with Crippen molar-refractivity contribution in [2.45, 2.75) is 6.92 Å². The number of hydrogen-bond acceptors (Lipinski definition) is 5. The summed E-state index contributed by atoms with van der Waals surface area (Å²) in [7, 11) is 0. The molecule has 142 valence electrons. The third kappa shape index (κ3) is 4.11. The number of carbonyl (C=O) groups excluding carboxylic acids is 1. The van der Waals surface area contributed by atoms with Crippen LogP contribution in [0.5, 0.6) is 0 Å². The molecule has 0 spiro atoms. The normalized spacial score (nSPS) is 10.9. The van der Waals surface area contributed by atoms with Gasteiger partial charge in [-0.2, -0.15) is 4.68 Å². The average molecular weight is 381 g/mol.